The van der Waals surface area contributed by atoms with Gasteiger partial charge in [-0.2, -0.15) is 0 Å². The van der Waals surface area contributed by atoms with Crippen LogP contribution in [0.2, 0.25) is 4.34 Å². The second-order valence-electron chi connectivity index (χ2n) is 5.22. The third-order valence-corrected chi connectivity index (χ3v) is 4.88. The number of thiophene rings is 1. The Morgan fingerprint density at radius 1 is 1.33 bits per heavy atom. The predicted octanol–water partition coefficient (Wildman–Crippen LogP) is 5.25. The van der Waals surface area contributed by atoms with Gasteiger partial charge in [-0.3, -0.25) is 4.79 Å². The van der Waals surface area contributed by atoms with Crippen LogP contribution in [-0.4, -0.2) is 10.8 Å². The summed E-state index contributed by atoms with van der Waals surface area (Å²) < 4.78 is 11.8. The Balaban J connectivity index is 2.06. The van der Waals surface area contributed by atoms with E-state index in [1.165, 1.54) is 18.3 Å². The van der Waals surface area contributed by atoms with E-state index >= 15 is 0 Å². The number of pyridine rings is 1. The van der Waals surface area contributed by atoms with Gasteiger partial charge in [0.25, 0.3) is 0 Å². The van der Waals surface area contributed by atoms with Crippen LogP contribution in [0.5, 0.6) is 0 Å². The number of carbonyl (C=O) groups excluding carboxylic acids is 1. The maximum Gasteiger partial charge on any atom is 0.230 e. The lowest BCUT2D eigenvalue weighted by atomic mass is 10.1. The molecule has 0 spiro atoms. The van der Waals surface area contributed by atoms with Crippen LogP contribution in [0.25, 0.3) is 33.0 Å². The summed E-state index contributed by atoms with van der Waals surface area (Å²) in [6, 6.07) is 9.15. The number of fused-ring (bicyclic) bond motifs is 1. The molecule has 7 heteroatoms. The Bertz CT molecular complexity index is 1060. The van der Waals surface area contributed by atoms with Crippen LogP contribution in [-0.2, 0) is 0 Å². The Kier molecular flexibility index (Phi) is 3.44. The molecule has 0 bridgehead atoms. The lowest BCUT2D eigenvalue weighted by Crippen LogP contribution is -1.95. The fourth-order valence-electron chi connectivity index (χ4n) is 2.59. The SMILES string of the molecule is CC(=O)c1oc2nc(-c3ccc(Cl)s3)cc(-c3ccco3)c2c1N. The third kappa shape index (κ3) is 2.31. The summed E-state index contributed by atoms with van der Waals surface area (Å²) in [4.78, 5) is 17.1. The van der Waals surface area contributed by atoms with E-state index in [1.807, 2.05) is 18.2 Å². The van der Waals surface area contributed by atoms with Crippen LogP contribution in [0.4, 0.5) is 5.69 Å². The lowest BCUT2D eigenvalue weighted by Gasteiger charge is -2.03. The van der Waals surface area contributed by atoms with Crippen molar-refractivity contribution in [3.8, 4) is 21.9 Å². The molecule has 0 aliphatic heterocycles. The molecule has 0 aliphatic carbocycles. The summed E-state index contributed by atoms with van der Waals surface area (Å²) in [7, 11) is 0. The number of nitrogen functional groups attached to an aromatic ring is 1. The number of aromatic nitrogens is 1. The maximum absolute atomic E-state index is 11.8. The first-order valence-electron chi connectivity index (χ1n) is 7.08. The number of hydrogen-bond donors (Lipinski definition) is 1. The van der Waals surface area contributed by atoms with Crippen molar-refractivity contribution in [3.05, 3.63) is 46.7 Å². The van der Waals surface area contributed by atoms with Gasteiger partial charge in [-0.1, -0.05) is 11.6 Å². The highest BCUT2D eigenvalue weighted by atomic mass is 35.5. The van der Waals surface area contributed by atoms with E-state index < -0.39 is 0 Å². The highest BCUT2D eigenvalue weighted by molar-refractivity contribution is 7.19. The molecule has 0 aliphatic rings. The van der Waals surface area contributed by atoms with Crippen LogP contribution in [0.1, 0.15) is 17.5 Å². The van der Waals surface area contributed by atoms with Crippen molar-refractivity contribution in [1.29, 1.82) is 0 Å². The molecule has 0 saturated heterocycles. The molecule has 0 saturated carbocycles. The van der Waals surface area contributed by atoms with Crippen molar-refractivity contribution in [3.63, 3.8) is 0 Å². The van der Waals surface area contributed by atoms with Crippen molar-refractivity contribution in [2.24, 2.45) is 0 Å². The molecular weight excluding hydrogens is 348 g/mol. The lowest BCUT2D eigenvalue weighted by molar-refractivity contribution is 0.0990. The number of hydrogen-bond acceptors (Lipinski definition) is 6. The largest absolute Gasteiger partial charge is 0.464 e. The van der Waals surface area contributed by atoms with Crippen LogP contribution >= 0.6 is 22.9 Å². The number of carbonyl (C=O) groups is 1. The quantitative estimate of drug-likeness (QED) is 0.505. The maximum atomic E-state index is 11.8. The zero-order chi connectivity index (χ0) is 16.8. The van der Waals surface area contributed by atoms with Crippen molar-refractivity contribution in [2.75, 3.05) is 5.73 Å². The summed E-state index contributed by atoms with van der Waals surface area (Å²) in [5, 5.41) is 0.571. The van der Waals surface area contributed by atoms with Crippen molar-refractivity contribution >= 4 is 45.5 Å². The van der Waals surface area contributed by atoms with E-state index in [1.54, 1.807) is 18.4 Å². The van der Waals surface area contributed by atoms with Gasteiger partial charge in [0.05, 0.1) is 32.2 Å². The summed E-state index contributed by atoms with van der Waals surface area (Å²) in [5.41, 5.74) is 8.09. The Hall–Kier alpha value is -2.57. The molecule has 2 N–H and O–H groups in total. The molecule has 0 atom stereocenters. The van der Waals surface area contributed by atoms with E-state index in [2.05, 4.69) is 4.98 Å². The summed E-state index contributed by atoms with van der Waals surface area (Å²) in [5.74, 6) is 0.470. The number of rotatable bonds is 3. The number of Topliss-reactive ketones (excluding diaryl/α,β-unsaturated/α-hetero) is 1. The first kappa shape index (κ1) is 15.0. The molecular formula is C17H11ClN2O3S. The molecule has 0 unspecified atom stereocenters. The van der Waals surface area contributed by atoms with Gasteiger partial charge in [0.2, 0.25) is 5.71 Å². The van der Waals surface area contributed by atoms with Crippen molar-refractivity contribution in [1.82, 2.24) is 4.98 Å². The first-order chi connectivity index (χ1) is 11.5. The summed E-state index contributed by atoms with van der Waals surface area (Å²) in [6.45, 7) is 1.40. The van der Waals surface area contributed by atoms with Gasteiger partial charge in [-0.25, -0.2) is 4.98 Å². The minimum atomic E-state index is -0.253. The Labute approximate surface area is 145 Å². The predicted molar refractivity (Wildman–Crippen MR) is 94.5 cm³/mol. The molecule has 0 radical (unpaired) electrons. The molecule has 5 nitrogen and oxygen atoms in total. The van der Waals surface area contributed by atoms with Crippen LogP contribution in [0.3, 0.4) is 0 Å². The topological polar surface area (TPSA) is 82.3 Å². The van der Waals surface area contributed by atoms with Gasteiger partial charge >= 0.3 is 0 Å². The smallest absolute Gasteiger partial charge is 0.230 e. The fraction of sp³-hybridized carbons (Fsp3) is 0.0588. The zero-order valence-electron chi connectivity index (χ0n) is 12.5. The van der Waals surface area contributed by atoms with E-state index in [0.29, 0.717) is 26.9 Å². The summed E-state index contributed by atoms with van der Waals surface area (Å²) >= 11 is 7.43. The van der Waals surface area contributed by atoms with E-state index in [4.69, 9.17) is 26.2 Å². The van der Waals surface area contributed by atoms with Gasteiger partial charge in [0, 0.05) is 12.5 Å². The molecule has 4 heterocycles. The highest BCUT2D eigenvalue weighted by Gasteiger charge is 2.22. The Morgan fingerprint density at radius 2 is 2.17 bits per heavy atom. The van der Waals surface area contributed by atoms with Crippen molar-refractivity contribution < 1.29 is 13.6 Å². The molecule has 4 aromatic heterocycles. The monoisotopic (exact) mass is 358 g/mol. The fourth-order valence-corrected chi connectivity index (χ4v) is 3.59. The second-order valence-corrected chi connectivity index (χ2v) is 6.93. The number of nitrogens with zero attached hydrogens (tertiary/aromatic N) is 1. The minimum Gasteiger partial charge on any atom is -0.464 e. The number of ketones is 1. The summed E-state index contributed by atoms with van der Waals surface area (Å²) in [6.07, 6.45) is 1.57. The zero-order valence-corrected chi connectivity index (χ0v) is 14.1. The molecule has 0 aromatic carbocycles. The third-order valence-electron chi connectivity index (χ3n) is 3.63. The number of nitrogens with two attached hydrogens (primary N) is 1. The molecule has 0 fully saturated rings. The minimum absolute atomic E-state index is 0.103. The average Bonchev–Trinajstić information content (AvgIpc) is 3.26. The number of anilines is 1. The Morgan fingerprint density at radius 3 is 2.79 bits per heavy atom. The first-order valence-corrected chi connectivity index (χ1v) is 8.27. The standard InChI is InChI=1S/C17H11ClN2O3S/c1-8(21)16-15(19)14-9(11-3-2-6-22-11)7-10(20-17(14)23-16)12-4-5-13(18)24-12/h2-7H,19H2,1H3. The second kappa shape index (κ2) is 5.51. The van der Waals surface area contributed by atoms with Gasteiger partial charge < -0.3 is 14.6 Å². The van der Waals surface area contributed by atoms with Gasteiger partial charge in [0.1, 0.15) is 5.76 Å². The molecule has 4 aromatic rings. The average molecular weight is 359 g/mol. The van der Waals surface area contributed by atoms with Gasteiger partial charge in [-0.05, 0) is 30.3 Å². The highest BCUT2D eigenvalue weighted by Crippen LogP contribution is 2.40. The number of halogens is 1. The molecule has 24 heavy (non-hydrogen) atoms. The number of furan rings is 2. The molecule has 4 rings (SSSR count). The molecule has 120 valence electrons. The van der Waals surface area contributed by atoms with Crippen LogP contribution in [0.15, 0.2) is 45.4 Å². The molecule has 0 amide bonds. The van der Waals surface area contributed by atoms with Gasteiger partial charge in [0.15, 0.2) is 11.5 Å². The normalized spacial score (nSPS) is 11.2. The van der Waals surface area contributed by atoms with Crippen LogP contribution < -0.4 is 5.73 Å². The van der Waals surface area contributed by atoms with Crippen molar-refractivity contribution in [2.45, 2.75) is 6.92 Å². The van der Waals surface area contributed by atoms with E-state index in [9.17, 15) is 4.79 Å². The van der Waals surface area contributed by atoms with E-state index in [-0.39, 0.29) is 17.2 Å². The van der Waals surface area contributed by atoms with Crippen LogP contribution in [0, 0.1) is 0 Å². The van der Waals surface area contributed by atoms with Gasteiger partial charge in [-0.15, -0.1) is 11.3 Å². The van der Waals surface area contributed by atoms with E-state index in [0.717, 1.165) is 10.4 Å².